The van der Waals surface area contributed by atoms with Gasteiger partial charge in [0.2, 0.25) is 0 Å². The predicted octanol–water partition coefficient (Wildman–Crippen LogP) is 1.78. The molecule has 5 nitrogen and oxygen atoms in total. The molecular weight excluding hydrogens is 278 g/mol. The van der Waals surface area contributed by atoms with Crippen molar-refractivity contribution in [2.24, 2.45) is 0 Å². The number of aliphatic carboxylic acids is 1. The summed E-state index contributed by atoms with van der Waals surface area (Å²) in [5.41, 5.74) is -0.702. The molecule has 1 heterocycles. The second kappa shape index (κ2) is 6.17. The number of carbonyl (C=O) groups excluding carboxylic acids is 1. The summed E-state index contributed by atoms with van der Waals surface area (Å²) in [6, 6.07) is 6.68. The Labute approximate surface area is 121 Å². The molecule has 0 aromatic heterocycles. The highest BCUT2D eigenvalue weighted by Gasteiger charge is 2.43. The van der Waals surface area contributed by atoms with Gasteiger partial charge in [0.25, 0.3) is 5.91 Å². The van der Waals surface area contributed by atoms with Crippen LogP contribution in [0.3, 0.4) is 0 Å². The van der Waals surface area contributed by atoms with Crippen molar-refractivity contribution < 1.29 is 19.4 Å². The Kier molecular flexibility index (Phi) is 4.54. The summed E-state index contributed by atoms with van der Waals surface area (Å²) in [6.07, 6.45) is 0.454. The molecule has 1 aliphatic heterocycles. The fourth-order valence-corrected chi connectivity index (χ4v) is 3.37. The van der Waals surface area contributed by atoms with Gasteiger partial charge >= 0.3 is 5.97 Å². The number of hydrogen-bond donors (Lipinski definition) is 2. The molecule has 20 heavy (non-hydrogen) atoms. The van der Waals surface area contributed by atoms with Gasteiger partial charge in [-0.3, -0.25) is 4.79 Å². The van der Waals surface area contributed by atoms with Gasteiger partial charge in [0, 0.05) is 11.3 Å². The van der Waals surface area contributed by atoms with E-state index in [-0.39, 0.29) is 5.91 Å². The second-order valence-corrected chi connectivity index (χ2v) is 5.71. The first-order valence-electron chi connectivity index (χ1n) is 6.44. The average Bonchev–Trinajstić information content (AvgIpc) is 2.90. The van der Waals surface area contributed by atoms with Gasteiger partial charge in [-0.05, 0) is 43.4 Å². The number of hydrogen-bond acceptors (Lipinski definition) is 4. The number of thioether (sulfide) groups is 1. The maximum atomic E-state index is 12.2. The van der Waals surface area contributed by atoms with Gasteiger partial charge in [-0.15, -0.1) is 0 Å². The van der Waals surface area contributed by atoms with Crippen molar-refractivity contribution in [1.82, 2.24) is 5.32 Å². The van der Waals surface area contributed by atoms with Crippen LogP contribution >= 0.6 is 11.8 Å². The number of carboxylic acid groups (broad SMARTS) is 1. The van der Waals surface area contributed by atoms with Crippen LogP contribution in [0.4, 0.5) is 0 Å². The Balaban J connectivity index is 2.09. The summed E-state index contributed by atoms with van der Waals surface area (Å²) in [7, 11) is 0. The first-order valence-corrected chi connectivity index (χ1v) is 7.59. The molecule has 0 radical (unpaired) electrons. The van der Waals surface area contributed by atoms with Crippen LogP contribution in [-0.4, -0.2) is 40.6 Å². The number of benzene rings is 1. The van der Waals surface area contributed by atoms with Crippen LogP contribution in [0.1, 0.15) is 23.7 Å². The van der Waals surface area contributed by atoms with Gasteiger partial charge < -0.3 is 15.2 Å². The highest BCUT2D eigenvalue weighted by atomic mass is 32.2. The minimum absolute atomic E-state index is 0.363. The molecule has 0 saturated carbocycles. The van der Waals surface area contributed by atoms with Crippen LogP contribution in [-0.2, 0) is 4.79 Å². The summed E-state index contributed by atoms with van der Waals surface area (Å²) >= 11 is 1.54. The minimum atomic E-state index is -1.14. The molecule has 1 fully saturated rings. The number of rotatable bonds is 5. The molecule has 0 bridgehead atoms. The molecule has 2 N–H and O–H groups in total. The van der Waals surface area contributed by atoms with E-state index in [9.17, 15) is 14.7 Å². The van der Waals surface area contributed by atoms with Gasteiger partial charge in [0.15, 0.2) is 0 Å². The Morgan fingerprint density at radius 1 is 1.40 bits per heavy atom. The Morgan fingerprint density at radius 3 is 2.60 bits per heavy atom. The summed E-state index contributed by atoms with van der Waals surface area (Å²) < 4.78 is 5.30. The smallest absolute Gasteiger partial charge is 0.330 e. The van der Waals surface area contributed by atoms with Crippen LogP contribution in [0.15, 0.2) is 24.3 Å². The fraction of sp³-hybridized carbons (Fsp3) is 0.429. The van der Waals surface area contributed by atoms with Crippen molar-refractivity contribution in [3.05, 3.63) is 29.8 Å². The van der Waals surface area contributed by atoms with Crippen molar-refractivity contribution in [1.29, 1.82) is 0 Å². The first kappa shape index (κ1) is 14.7. The zero-order chi connectivity index (χ0) is 14.6. The minimum Gasteiger partial charge on any atom is -0.494 e. The molecule has 1 amide bonds. The monoisotopic (exact) mass is 295 g/mol. The normalized spacial score (nSPS) is 21.4. The van der Waals surface area contributed by atoms with Crippen LogP contribution in [0.25, 0.3) is 0 Å². The van der Waals surface area contributed by atoms with E-state index in [0.717, 1.165) is 5.75 Å². The van der Waals surface area contributed by atoms with Crippen LogP contribution in [0, 0.1) is 0 Å². The maximum Gasteiger partial charge on any atom is 0.330 e. The molecule has 0 aliphatic carbocycles. The largest absolute Gasteiger partial charge is 0.494 e. The van der Waals surface area contributed by atoms with Crippen molar-refractivity contribution in [2.45, 2.75) is 18.9 Å². The van der Waals surface area contributed by atoms with Crippen molar-refractivity contribution in [3.8, 4) is 5.75 Å². The molecule has 2 rings (SSSR count). The number of nitrogens with one attached hydrogen (secondary N) is 1. The predicted molar refractivity (Wildman–Crippen MR) is 77.4 cm³/mol. The standard InChI is InChI=1S/C14H17NO4S/c1-2-19-11-5-3-10(4-6-11)12(16)15-14(13(17)18)7-8-20-9-14/h3-6H,2,7-9H2,1H3,(H,15,16)(H,17,18). The Morgan fingerprint density at radius 2 is 2.10 bits per heavy atom. The van der Waals surface area contributed by atoms with E-state index in [0.29, 0.717) is 30.1 Å². The van der Waals surface area contributed by atoms with Gasteiger partial charge in [-0.2, -0.15) is 11.8 Å². The summed E-state index contributed by atoms with van der Waals surface area (Å²) in [6.45, 7) is 2.44. The van der Waals surface area contributed by atoms with Crippen LogP contribution < -0.4 is 10.1 Å². The Bertz CT molecular complexity index is 494. The van der Waals surface area contributed by atoms with E-state index in [1.807, 2.05) is 6.92 Å². The van der Waals surface area contributed by atoms with Gasteiger partial charge in [0.1, 0.15) is 11.3 Å². The molecule has 108 valence electrons. The number of ether oxygens (including phenoxy) is 1. The molecule has 1 aliphatic rings. The number of carboxylic acids is 1. The first-order chi connectivity index (χ1) is 9.57. The average molecular weight is 295 g/mol. The zero-order valence-corrected chi connectivity index (χ0v) is 12.0. The molecule has 6 heteroatoms. The summed E-state index contributed by atoms with van der Waals surface area (Å²) in [5.74, 6) is 0.509. The summed E-state index contributed by atoms with van der Waals surface area (Å²) in [4.78, 5) is 23.5. The van der Waals surface area contributed by atoms with Gasteiger partial charge in [0.05, 0.1) is 6.61 Å². The van der Waals surface area contributed by atoms with Crippen LogP contribution in [0.2, 0.25) is 0 Å². The lowest BCUT2D eigenvalue weighted by Crippen LogP contribution is -2.54. The lowest BCUT2D eigenvalue weighted by atomic mass is 9.98. The summed E-state index contributed by atoms with van der Waals surface area (Å²) in [5, 5.41) is 12.0. The van der Waals surface area contributed by atoms with Crippen molar-refractivity contribution >= 4 is 23.6 Å². The van der Waals surface area contributed by atoms with Crippen molar-refractivity contribution in [2.75, 3.05) is 18.1 Å². The van der Waals surface area contributed by atoms with E-state index >= 15 is 0 Å². The topological polar surface area (TPSA) is 75.6 Å². The highest BCUT2D eigenvalue weighted by Crippen LogP contribution is 2.28. The van der Waals surface area contributed by atoms with E-state index in [1.54, 1.807) is 36.0 Å². The lowest BCUT2D eigenvalue weighted by Gasteiger charge is -2.24. The van der Waals surface area contributed by atoms with Gasteiger partial charge in [-0.1, -0.05) is 0 Å². The third-order valence-electron chi connectivity index (χ3n) is 3.21. The Hall–Kier alpha value is -1.69. The maximum absolute atomic E-state index is 12.2. The van der Waals surface area contributed by atoms with Crippen molar-refractivity contribution in [3.63, 3.8) is 0 Å². The second-order valence-electron chi connectivity index (χ2n) is 4.60. The zero-order valence-electron chi connectivity index (χ0n) is 11.2. The quantitative estimate of drug-likeness (QED) is 0.866. The molecule has 1 aromatic rings. The SMILES string of the molecule is CCOc1ccc(C(=O)NC2(C(=O)O)CCSC2)cc1. The molecule has 1 saturated heterocycles. The molecular formula is C14H17NO4S. The van der Waals surface area contributed by atoms with Crippen LogP contribution in [0.5, 0.6) is 5.75 Å². The molecule has 1 unspecified atom stereocenters. The third-order valence-corrected chi connectivity index (χ3v) is 4.40. The van der Waals surface area contributed by atoms with E-state index in [4.69, 9.17) is 4.74 Å². The van der Waals surface area contributed by atoms with E-state index in [1.165, 1.54) is 0 Å². The molecule has 0 spiro atoms. The third kappa shape index (κ3) is 3.07. The molecule has 1 aromatic carbocycles. The van der Waals surface area contributed by atoms with Gasteiger partial charge in [-0.25, -0.2) is 4.79 Å². The number of carbonyl (C=O) groups is 2. The number of amides is 1. The highest BCUT2D eigenvalue weighted by molar-refractivity contribution is 7.99. The lowest BCUT2D eigenvalue weighted by molar-refractivity contribution is -0.143. The van der Waals surface area contributed by atoms with E-state index < -0.39 is 11.5 Å². The van der Waals surface area contributed by atoms with E-state index in [2.05, 4.69) is 5.32 Å². The molecule has 1 atom stereocenters. The fourth-order valence-electron chi connectivity index (χ4n) is 2.04.